The quantitative estimate of drug-likeness (QED) is 0.742. The summed E-state index contributed by atoms with van der Waals surface area (Å²) in [4.78, 5) is 14.7. The Hall–Kier alpha value is -2.70. The molecule has 2 N–H and O–H groups in total. The van der Waals surface area contributed by atoms with E-state index in [9.17, 15) is 18.0 Å². The van der Waals surface area contributed by atoms with E-state index in [0.29, 0.717) is 0 Å². The number of nitrogens with one attached hydrogen (secondary N) is 2. The van der Waals surface area contributed by atoms with Crippen molar-refractivity contribution in [1.82, 2.24) is 0 Å². The maximum Gasteiger partial charge on any atom is 0.418 e. The topological polar surface area (TPSA) is 44.4 Å². The number of rotatable bonds is 5. The molecular formula is C21H24F3N3O. The van der Waals surface area contributed by atoms with E-state index in [1.165, 1.54) is 37.5 Å². The van der Waals surface area contributed by atoms with Crippen molar-refractivity contribution in [1.29, 1.82) is 0 Å². The van der Waals surface area contributed by atoms with Gasteiger partial charge in [0.2, 0.25) is 5.91 Å². The summed E-state index contributed by atoms with van der Waals surface area (Å²) in [6, 6.07) is 12.0. The number of carbonyl (C=O) groups is 1. The minimum absolute atomic E-state index is 0.242. The summed E-state index contributed by atoms with van der Waals surface area (Å²) < 4.78 is 39.2. The second kappa shape index (κ2) is 8.54. The lowest BCUT2D eigenvalue weighted by Gasteiger charge is -2.29. The smallest absolute Gasteiger partial charge is 0.374 e. The fraction of sp³-hybridized carbons (Fsp3) is 0.381. The number of anilines is 3. The maximum atomic E-state index is 13.1. The van der Waals surface area contributed by atoms with Gasteiger partial charge in [-0.1, -0.05) is 12.1 Å². The molecule has 150 valence electrons. The molecular weight excluding hydrogens is 367 g/mol. The van der Waals surface area contributed by atoms with Gasteiger partial charge < -0.3 is 15.5 Å². The number of alkyl halides is 3. The zero-order valence-corrected chi connectivity index (χ0v) is 15.7. The monoisotopic (exact) mass is 391 g/mol. The van der Waals surface area contributed by atoms with Gasteiger partial charge in [-0.3, -0.25) is 4.79 Å². The molecule has 3 rings (SSSR count). The van der Waals surface area contributed by atoms with Gasteiger partial charge in [0.05, 0.1) is 11.3 Å². The number of hydrogen-bond donors (Lipinski definition) is 2. The van der Waals surface area contributed by atoms with Crippen LogP contribution in [0.25, 0.3) is 0 Å². The van der Waals surface area contributed by atoms with Crippen LogP contribution in [0.1, 0.15) is 31.7 Å². The third-order valence-corrected chi connectivity index (χ3v) is 4.86. The molecule has 0 radical (unpaired) electrons. The third kappa shape index (κ3) is 4.97. The fourth-order valence-corrected chi connectivity index (χ4v) is 3.32. The van der Waals surface area contributed by atoms with Crippen LogP contribution in [0, 0.1) is 0 Å². The maximum absolute atomic E-state index is 13.1. The van der Waals surface area contributed by atoms with Crippen molar-refractivity contribution in [2.75, 3.05) is 28.6 Å². The molecule has 0 aromatic heterocycles. The van der Waals surface area contributed by atoms with Gasteiger partial charge in [0.1, 0.15) is 6.04 Å². The number of benzene rings is 2. The normalized spacial score (nSPS) is 15.8. The summed E-state index contributed by atoms with van der Waals surface area (Å²) in [5.74, 6) is -0.531. The average molecular weight is 391 g/mol. The molecule has 1 heterocycles. The largest absolute Gasteiger partial charge is 0.418 e. The number of nitrogens with zero attached hydrogens (tertiary/aromatic N) is 1. The van der Waals surface area contributed by atoms with Gasteiger partial charge in [-0.2, -0.15) is 13.2 Å². The zero-order valence-electron chi connectivity index (χ0n) is 15.7. The summed E-state index contributed by atoms with van der Waals surface area (Å²) in [5, 5.41) is 5.41. The molecule has 1 aliphatic rings. The Morgan fingerprint density at radius 3 is 2.29 bits per heavy atom. The minimum atomic E-state index is -4.52. The molecule has 0 bridgehead atoms. The predicted octanol–water partition coefficient (Wildman–Crippen LogP) is 5.13. The first-order valence-corrected chi connectivity index (χ1v) is 9.43. The Balaban J connectivity index is 1.62. The number of piperidine rings is 1. The van der Waals surface area contributed by atoms with Gasteiger partial charge in [-0.15, -0.1) is 0 Å². The molecule has 1 saturated heterocycles. The van der Waals surface area contributed by atoms with E-state index in [1.807, 2.05) is 24.3 Å². The van der Waals surface area contributed by atoms with Crippen LogP contribution in [0.5, 0.6) is 0 Å². The SMILES string of the molecule is C[C@H](Nc1ccc(N2CCCCC2)cc1)C(=O)Nc1ccccc1C(F)(F)F. The van der Waals surface area contributed by atoms with E-state index in [1.54, 1.807) is 6.92 Å². The first kappa shape index (κ1) is 20.0. The summed E-state index contributed by atoms with van der Waals surface area (Å²) in [5.41, 5.74) is 0.782. The Kier molecular flexibility index (Phi) is 6.11. The van der Waals surface area contributed by atoms with Crippen LogP contribution in [-0.4, -0.2) is 25.0 Å². The third-order valence-electron chi connectivity index (χ3n) is 4.86. The lowest BCUT2D eigenvalue weighted by Crippen LogP contribution is -2.32. The van der Waals surface area contributed by atoms with E-state index in [2.05, 4.69) is 15.5 Å². The highest BCUT2D eigenvalue weighted by molar-refractivity contribution is 5.97. The van der Waals surface area contributed by atoms with E-state index in [4.69, 9.17) is 0 Å². The summed E-state index contributed by atoms with van der Waals surface area (Å²) in [6.07, 6.45) is -0.877. The van der Waals surface area contributed by atoms with Crippen LogP contribution < -0.4 is 15.5 Å². The highest BCUT2D eigenvalue weighted by Gasteiger charge is 2.33. The van der Waals surface area contributed by atoms with Gasteiger partial charge in [0, 0.05) is 24.5 Å². The van der Waals surface area contributed by atoms with Gasteiger partial charge in [0.15, 0.2) is 0 Å². The Labute approximate surface area is 162 Å². The standard InChI is InChI=1S/C21H24F3N3O/c1-15(20(28)26-19-8-4-3-7-18(19)21(22,23)24)25-16-9-11-17(12-10-16)27-13-5-2-6-14-27/h3-4,7-12,15,25H,2,5-6,13-14H2,1H3,(H,26,28)/t15-/m0/s1. The summed E-state index contributed by atoms with van der Waals surface area (Å²) in [7, 11) is 0. The molecule has 1 fully saturated rings. The van der Waals surface area contributed by atoms with Crippen molar-refractivity contribution in [3.63, 3.8) is 0 Å². The van der Waals surface area contributed by atoms with Crippen molar-refractivity contribution < 1.29 is 18.0 Å². The molecule has 0 aliphatic carbocycles. The molecule has 1 atom stereocenters. The first-order valence-electron chi connectivity index (χ1n) is 9.43. The summed E-state index contributed by atoms with van der Waals surface area (Å²) in [6.45, 7) is 3.71. The van der Waals surface area contributed by atoms with Gasteiger partial charge >= 0.3 is 6.18 Å². The molecule has 0 saturated carbocycles. The zero-order chi connectivity index (χ0) is 20.1. The first-order chi connectivity index (χ1) is 13.3. The molecule has 1 aliphatic heterocycles. The fourth-order valence-electron chi connectivity index (χ4n) is 3.32. The van der Waals surface area contributed by atoms with Crippen molar-refractivity contribution in [3.8, 4) is 0 Å². The lowest BCUT2D eigenvalue weighted by molar-refractivity contribution is -0.137. The molecule has 28 heavy (non-hydrogen) atoms. The Morgan fingerprint density at radius 1 is 1.00 bits per heavy atom. The highest BCUT2D eigenvalue weighted by Crippen LogP contribution is 2.34. The van der Waals surface area contributed by atoms with E-state index < -0.39 is 23.7 Å². The second-order valence-corrected chi connectivity index (χ2v) is 6.99. The van der Waals surface area contributed by atoms with Crippen LogP contribution in [0.4, 0.5) is 30.2 Å². The van der Waals surface area contributed by atoms with Crippen molar-refractivity contribution in [2.45, 2.75) is 38.4 Å². The molecule has 0 unspecified atom stereocenters. The number of halogens is 3. The number of para-hydroxylation sites is 1. The molecule has 2 aromatic rings. The molecule has 0 spiro atoms. The predicted molar refractivity (Wildman–Crippen MR) is 106 cm³/mol. The number of hydrogen-bond acceptors (Lipinski definition) is 3. The second-order valence-electron chi connectivity index (χ2n) is 6.99. The number of carbonyl (C=O) groups excluding carboxylic acids is 1. The minimum Gasteiger partial charge on any atom is -0.374 e. The number of amides is 1. The van der Waals surface area contributed by atoms with E-state index in [-0.39, 0.29) is 5.69 Å². The Morgan fingerprint density at radius 2 is 1.64 bits per heavy atom. The lowest BCUT2D eigenvalue weighted by atomic mass is 10.1. The Bertz CT molecular complexity index is 799. The van der Waals surface area contributed by atoms with Crippen LogP contribution in [0.3, 0.4) is 0 Å². The van der Waals surface area contributed by atoms with Crippen molar-refractivity contribution in [3.05, 3.63) is 54.1 Å². The highest BCUT2D eigenvalue weighted by atomic mass is 19.4. The van der Waals surface area contributed by atoms with E-state index in [0.717, 1.165) is 30.5 Å². The van der Waals surface area contributed by atoms with Gasteiger partial charge in [-0.05, 0) is 62.6 Å². The van der Waals surface area contributed by atoms with E-state index >= 15 is 0 Å². The average Bonchev–Trinajstić information content (AvgIpc) is 2.69. The van der Waals surface area contributed by atoms with Gasteiger partial charge in [0.25, 0.3) is 0 Å². The molecule has 1 amide bonds. The van der Waals surface area contributed by atoms with Crippen LogP contribution in [0.15, 0.2) is 48.5 Å². The van der Waals surface area contributed by atoms with Gasteiger partial charge in [-0.25, -0.2) is 0 Å². The summed E-state index contributed by atoms with van der Waals surface area (Å²) >= 11 is 0. The molecule has 4 nitrogen and oxygen atoms in total. The van der Waals surface area contributed by atoms with Crippen LogP contribution >= 0.6 is 0 Å². The molecule has 2 aromatic carbocycles. The molecule has 7 heteroatoms. The van der Waals surface area contributed by atoms with Crippen molar-refractivity contribution >= 4 is 23.0 Å². The van der Waals surface area contributed by atoms with Crippen molar-refractivity contribution in [2.24, 2.45) is 0 Å². The van der Waals surface area contributed by atoms with Crippen LogP contribution in [-0.2, 0) is 11.0 Å². The van der Waals surface area contributed by atoms with Crippen LogP contribution in [0.2, 0.25) is 0 Å².